The van der Waals surface area contributed by atoms with Gasteiger partial charge in [0.2, 0.25) is 5.69 Å². The highest BCUT2D eigenvalue weighted by molar-refractivity contribution is 7.78. The molecule has 0 atom stereocenters. The van der Waals surface area contributed by atoms with Crippen molar-refractivity contribution in [3.05, 3.63) is 35.4 Å². The summed E-state index contributed by atoms with van der Waals surface area (Å²) in [4.78, 5) is 6.52. The number of benzene rings is 1. The Balaban J connectivity index is 3.20. The van der Waals surface area contributed by atoms with Gasteiger partial charge in [-0.05, 0) is 24.4 Å². The third-order valence-corrected chi connectivity index (χ3v) is 1.32. The van der Waals surface area contributed by atoms with Crippen LogP contribution in [0.15, 0.2) is 23.2 Å². The van der Waals surface area contributed by atoms with Crippen molar-refractivity contribution in [2.24, 2.45) is 4.99 Å². The molecule has 0 amide bonds. The molecule has 0 heterocycles. The first-order chi connectivity index (χ1) is 5.77. The fourth-order valence-electron chi connectivity index (χ4n) is 0.709. The molecule has 1 aromatic rings. The quantitative estimate of drug-likeness (QED) is 0.367. The SMILES string of the molecule is [C-]#[N+]c1ccc(N=C=S)cc1F. The zero-order valence-corrected chi connectivity index (χ0v) is 6.73. The lowest BCUT2D eigenvalue weighted by molar-refractivity contribution is 0.634. The molecular weight excluding hydrogens is 175 g/mol. The maximum atomic E-state index is 12.8. The van der Waals surface area contributed by atoms with Crippen molar-refractivity contribution in [3.8, 4) is 0 Å². The number of aliphatic imine (C=N–C) groups is 1. The molecule has 0 saturated carbocycles. The van der Waals surface area contributed by atoms with Crippen LogP contribution in [0, 0.1) is 12.4 Å². The minimum Gasteiger partial charge on any atom is -0.235 e. The first kappa shape index (κ1) is 8.54. The van der Waals surface area contributed by atoms with Crippen LogP contribution in [0.1, 0.15) is 0 Å². The Morgan fingerprint density at radius 3 is 2.83 bits per heavy atom. The molecule has 4 heteroatoms. The molecule has 0 radical (unpaired) electrons. The smallest absolute Gasteiger partial charge is 0.222 e. The van der Waals surface area contributed by atoms with Crippen molar-refractivity contribution < 1.29 is 4.39 Å². The molecule has 0 N–H and O–H groups in total. The van der Waals surface area contributed by atoms with Crippen molar-refractivity contribution in [2.75, 3.05) is 0 Å². The number of rotatable bonds is 1. The third-order valence-electron chi connectivity index (χ3n) is 1.23. The molecule has 12 heavy (non-hydrogen) atoms. The highest BCUT2D eigenvalue weighted by atomic mass is 32.1. The maximum Gasteiger partial charge on any atom is 0.222 e. The largest absolute Gasteiger partial charge is 0.235 e. The summed E-state index contributed by atoms with van der Waals surface area (Å²) in [6, 6.07) is 4.01. The van der Waals surface area contributed by atoms with Gasteiger partial charge in [0.25, 0.3) is 0 Å². The number of isothiocyanates is 1. The van der Waals surface area contributed by atoms with Gasteiger partial charge in [-0.25, -0.2) is 9.24 Å². The molecule has 0 fully saturated rings. The second kappa shape index (κ2) is 3.72. The van der Waals surface area contributed by atoms with Gasteiger partial charge >= 0.3 is 0 Å². The zero-order valence-electron chi connectivity index (χ0n) is 5.91. The van der Waals surface area contributed by atoms with Gasteiger partial charge in [0, 0.05) is 0 Å². The summed E-state index contributed by atoms with van der Waals surface area (Å²) < 4.78 is 12.8. The Kier molecular flexibility index (Phi) is 2.65. The van der Waals surface area contributed by atoms with E-state index in [0.717, 1.165) is 6.07 Å². The van der Waals surface area contributed by atoms with Gasteiger partial charge in [0.15, 0.2) is 0 Å². The molecule has 0 spiro atoms. The summed E-state index contributed by atoms with van der Waals surface area (Å²) in [6.45, 7) is 6.58. The van der Waals surface area contributed by atoms with Crippen LogP contribution in [0.2, 0.25) is 0 Å². The summed E-state index contributed by atoms with van der Waals surface area (Å²) in [7, 11) is 0. The molecule has 0 unspecified atom stereocenters. The van der Waals surface area contributed by atoms with E-state index in [1.165, 1.54) is 12.1 Å². The van der Waals surface area contributed by atoms with Crippen LogP contribution >= 0.6 is 12.2 Å². The Morgan fingerprint density at radius 1 is 1.58 bits per heavy atom. The van der Waals surface area contributed by atoms with Gasteiger partial charge in [-0.15, -0.1) is 0 Å². The molecule has 1 rings (SSSR count). The standard InChI is InChI=1S/C8H3FN2S/c1-10-8-3-2-6(11-5-12)4-7(8)9/h2-4H. The van der Waals surface area contributed by atoms with E-state index < -0.39 is 5.82 Å². The summed E-state index contributed by atoms with van der Waals surface area (Å²) in [6.07, 6.45) is 0. The van der Waals surface area contributed by atoms with Gasteiger partial charge in [0.05, 0.1) is 17.4 Å². The van der Waals surface area contributed by atoms with E-state index in [0.29, 0.717) is 5.69 Å². The topological polar surface area (TPSA) is 16.7 Å². The van der Waals surface area contributed by atoms with E-state index in [4.69, 9.17) is 6.57 Å². The molecule has 58 valence electrons. The van der Waals surface area contributed by atoms with Gasteiger partial charge in [-0.3, -0.25) is 0 Å². The molecule has 2 nitrogen and oxygen atoms in total. The predicted molar refractivity (Wildman–Crippen MR) is 47.3 cm³/mol. The van der Waals surface area contributed by atoms with E-state index in [9.17, 15) is 4.39 Å². The van der Waals surface area contributed by atoms with Crippen LogP contribution in [0.3, 0.4) is 0 Å². The van der Waals surface area contributed by atoms with Crippen molar-refractivity contribution in [3.63, 3.8) is 0 Å². The van der Waals surface area contributed by atoms with Crippen molar-refractivity contribution in [2.45, 2.75) is 0 Å². The van der Waals surface area contributed by atoms with Crippen LogP contribution < -0.4 is 0 Å². The second-order valence-corrected chi connectivity index (χ2v) is 2.13. The van der Waals surface area contributed by atoms with E-state index in [-0.39, 0.29) is 5.69 Å². The van der Waals surface area contributed by atoms with Gasteiger partial charge in [-0.1, -0.05) is 6.07 Å². The lowest BCUT2D eigenvalue weighted by Crippen LogP contribution is -1.72. The maximum absolute atomic E-state index is 12.8. The highest BCUT2D eigenvalue weighted by Crippen LogP contribution is 2.22. The number of nitrogens with zero attached hydrogens (tertiary/aromatic N) is 2. The van der Waals surface area contributed by atoms with Gasteiger partial charge in [-0.2, -0.15) is 4.99 Å². The normalized spacial score (nSPS) is 8.33. The lowest BCUT2D eigenvalue weighted by atomic mass is 10.3. The average molecular weight is 178 g/mol. The van der Waals surface area contributed by atoms with Crippen LogP contribution in [-0.2, 0) is 0 Å². The van der Waals surface area contributed by atoms with Crippen molar-refractivity contribution in [1.29, 1.82) is 0 Å². The van der Waals surface area contributed by atoms with E-state index in [2.05, 4.69) is 27.2 Å². The molecule has 1 aromatic carbocycles. The summed E-state index contributed by atoms with van der Waals surface area (Å²) >= 11 is 4.34. The number of thiocarbonyl (C=S) groups is 1. The predicted octanol–water partition coefficient (Wildman–Crippen LogP) is 3.11. The van der Waals surface area contributed by atoms with Gasteiger partial charge in [0.1, 0.15) is 5.82 Å². The molecule has 0 aliphatic rings. The molecule has 0 saturated heterocycles. The first-order valence-electron chi connectivity index (χ1n) is 3.03. The lowest BCUT2D eigenvalue weighted by Gasteiger charge is -1.93. The molecule has 0 bridgehead atoms. The molecule has 0 aliphatic carbocycles. The van der Waals surface area contributed by atoms with E-state index >= 15 is 0 Å². The van der Waals surface area contributed by atoms with Crippen LogP contribution in [0.5, 0.6) is 0 Å². The Hall–Kier alpha value is -1.56. The highest BCUT2D eigenvalue weighted by Gasteiger charge is 2.00. The first-order valence-corrected chi connectivity index (χ1v) is 3.43. The minimum absolute atomic E-state index is 0.0154. The monoisotopic (exact) mass is 178 g/mol. The Bertz CT molecular complexity index is 389. The second-order valence-electron chi connectivity index (χ2n) is 1.95. The number of hydrogen-bond donors (Lipinski definition) is 0. The summed E-state index contributed by atoms with van der Waals surface area (Å²) in [5.74, 6) is -0.587. The third kappa shape index (κ3) is 1.73. The summed E-state index contributed by atoms with van der Waals surface area (Å²) in [5, 5.41) is 2.11. The average Bonchev–Trinajstić information content (AvgIpc) is 2.05. The van der Waals surface area contributed by atoms with E-state index in [1.807, 2.05) is 0 Å². The zero-order chi connectivity index (χ0) is 8.97. The van der Waals surface area contributed by atoms with E-state index in [1.54, 1.807) is 0 Å². The van der Waals surface area contributed by atoms with Crippen LogP contribution in [0.4, 0.5) is 15.8 Å². The fraction of sp³-hybridized carbons (Fsp3) is 0. The molecule has 0 aromatic heterocycles. The Labute approximate surface area is 74.2 Å². The minimum atomic E-state index is -0.587. The molecular formula is C8H3FN2S. The van der Waals surface area contributed by atoms with Crippen LogP contribution in [0.25, 0.3) is 4.85 Å². The number of hydrogen-bond acceptors (Lipinski definition) is 2. The van der Waals surface area contributed by atoms with Gasteiger partial charge < -0.3 is 0 Å². The van der Waals surface area contributed by atoms with Crippen molar-refractivity contribution in [1.82, 2.24) is 0 Å². The fourth-order valence-corrected chi connectivity index (χ4v) is 0.814. The number of halogens is 1. The summed E-state index contributed by atoms with van der Waals surface area (Å²) in [5.41, 5.74) is 0.355. The molecule has 0 aliphatic heterocycles. The Morgan fingerprint density at radius 2 is 2.33 bits per heavy atom. The van der Waals surface area contributed by atoms with Crippen molar-refractivity contribution >= 4 is 28.8 Å². The van der Waals surface area contributed by atoms with Crippen LogP contribution in [-0.4, -0.2) is 5.16 Å².